The van der Waals surface area contributed by atoms with Gasteiger partial charge in [-0.05, 0) is 41.9 Å². The number of methoxy groups -OCH3 is 1. The van der Waals surface area contributed by atoms with Crippen molar-refractivity contribution in [2.75, 3.05) is 13.7 Å². The zero-order valence-electron chi connectivity index (χ0n) is 11.8. The monoisotopic (exact) mass is 339 g/mol. The Kier molecular flexibility index (Phi) is 4.91. The molecule has 5 nitrogen and oxygen atoms in total. The number of rotatable bonds is 6. The molecule has 1 N–H and O–H groups in total. The van der Waals surface area contributed by atoms with Crippen molar-refractivity contribution in [3.63, 3.8) is 0 Å². The van der Waals surface area contributed by atoms with E-state index in [9.17, 15) is 0 Å². The molecule has 6 heteroatoms. The number of nitrogens with one attached hydrogen (secondary N) is 1. The molecule has 1 aromatic heterocycles. The van der Waals surface area contributed by atoms with E-state index in [1.54, 1.807) is 7.11 Å². The SMILES string of the molecule is COCC(C)(C)NCc1nnc(-c2ccccc2Br)o1. The normalized spacial score (nSPS) is 11.8. The Morgan fingerprint density at radius 2 is 2.05 bits per heavy atom. The van der Waals surface area contributed by atoms with Gasteiger partial charge in [0.1, 0.15) is 0 Å². The lowest BCUT2D eigenvalue weighted by Crippen LogP contribution is -2.42. The average Bonchev–Trinajstić information content (AvgIpc) is 2.86. The number of hydrogen-bond donors (Lipinski definition) is 1. The predicted octanol–water partition coefficient (Wildman–Crippen LogP) is 3.01. The number of aromatic nitrogens is 2. The molecule has 0 spiro atoms. The molecule has 0 unspecified atom stereocenters. The molecule has 1 aromatic carbocycles. The maximum Gasteiger partial charge on any atom is 0.248 e. The Labute approximate surface area is 126 Å². The first-order chi connectivity index (χ1) is 9.52. The number of ether oxygens (including phenoxy) is 1. The Bertz CT molecular complexity index is 569. The zero-order valence-corrected chi connectivity index (χ0v) is 13.4. The van der Waals surface area contributed by atoms with Crippen LogP contribution in [0.15, 0.2) is 33.2 Å². The molecular formula is C14H18BrN3O2. The first kappa shape index (κ1) is 15.2. The Balaban J connectivity index is 2.05. The zero-order chi connectivity index (χ0) is 14.6. The van der Waals surface area contributed by atoms with E-state index in [0.29, 0.717) is 24.9 Å². The van der Waals surface area contributed by atoms with Crippen molar-refractivity contribution in [3.05, 3.63) is 34.6 Å². The van der Waals surface area contributed by atoms with Gasteiger partial charge in [-0.25, -0.2) is 0 Å². The van der Waals surface area contributed by atoms with Crippen LogP contribution in [-0.4, -0.2) is 29.5 Å². The fourth-order valence-electron chi connectivity index (χ4n) is 1.80. The van der Waals surface area contributed by atoms with Gasteiger partial charge in [0, 0.05) is 17.1 Å². The Morgan fingerprint density at radius 3 is 2.75 bits per heavy atom. The molecule has 0 aliphatic carbocycles. The summed E-state index contributed by atoms with van der Waals surface area (Å²) in [6.07, 6.45) is 0. The molecule has 2 rings (SSSR count). The summed E-state index contributed by atoms with van der Waals surface area (Å²) in [6.45, 7) is 5.23. The van der Waals surface area contributed by atoms with Crippen LogP contribution in [0.25, 0.3) is 11.5 Å². The molecular weight excluding hydrogens is 322 g/mol. The van der Waals surface area contributed by atoms with Gasteiger partial charge in [-0.1, -0.05) is 12.1 Å². The number of halogens is 1. The van der Waals surface area contributed by atoms with Crippen LogP contribution in [0.5, 0.6) is 0 Å². The fraction of sp³-hybridized carbons (Fsp3) is 0.429. The first-order valence-corrected chi connectivity index (χ1v) is 7.12. The third-order valence-corrected chi connectivity index (χ3v) is 3.49. The Morgan fingerprint density at radius 1 is 1.30 bits per heavy atom. The number of hydrogen-bond acceptors (Lipinski definition) is 5. The van der Waals surface area contributed by atoms with E-state index in [1.165, 1.54) is 0 Å². The van der Waals surface area contributed by atoms with Gasteiger partial charge in [-0.3, -0.25) is 0 Å². The smallest absolute Gasteiger partial charge is 0.248 e. The summed E-state index contributed by atoms with van der Waals surface area (Å²) < 4.78 is 11.8. The van der Waals surface area contributed by atoms with E-state index < -0.39 is 0 Å². The molecule has 0 aliphatic rings. The van der Waals surface area contributed by atoms with Crippen molar-refractivity contribution < 1.29 is 9.15 Å². The van der Waals surface area contributed by atoms with E-state index in [1.807, 2.05) is 24.3 Å². The quantitative estimate of drug-likeness (QED) is 0.876. The second kappa shape index (κ2) is 6.47. The van der Waals surface area contributed by atoms with Crippen molar-refractivity contribution in [1.82, 2.24) is 15.5 Å². The van der Waals surface area contributed by atoms with Crippen LogP contribution in [0.2, 0.25) is 0 Å². The molecule has 0 atom stereocenters. The van der Waals surface area contributed by atoms with Crippen LogP contribution < -0.4 is 5.32 Å². The number of benzene rings is 1. The van der Waals surface area contributed by atoms with Crippen molar-refractivity contribution in [2.24, 2.45) is 0 Å². The fourth-order valence-corrected chi connectivity index (χ4v) is 2.25. The Hall–Kier alpha value is -1.24. The van der Waals surface area contributed by atoms with E-state index in [-0.39, 0.29) is 5.54 Å². The molecule has 0 radical (unpaired) electrons. The lowest BCUT2D eigenvalue weighted by atomic mass is 10.1. The van der Waals surface area contributed by atoms with Crippen LogP contribution in [0.3, 0.4) is 0 Å². The topological polar surface area (TPSA) is 60.2 Å². The van der Waals surface area contributed by atoms with Gasteiger partial charge in [0.15, 0.2) is 0 Å². The lowest BCUT2D eigenvalue weighted by molar-refractivity contribution is 0.126. The van der Waals surface area contributed by atoms with Crippen molar-refractivity contribution in [2.45, 2.75) is 25.9 Å². The molecule has 0 fully saturated rings. The standard InChI is InChI=1S/C14H18BrN3O2/c1-14(2,9-19-3)16-8-12-17-18-13(20-12)10-6-4-5-7-11(10)15/h4-7,16H,8-9H2,1-3H3. The average molecular weight is 340 g/mol. The summed E-state index contributed by atoms with van der Waals surface area (Å²) >= 11 is 3.47. The molecule has 20 heavy (non-hydrogen) atoms. The third-order valence-electron chi connectivity index (χ3n) is 2.79. The summed E-state index contributed by atoms with van der Waals surface area (Å²) in [7, 11) is 1.68. The van der Waals surface area contributed by atoms with Crippen molar-refractivity contribution >= 4 is 15.9 Å². The van der Waals surface area contributed by atoms with E-state index in [2.05, 4.69) is 45.3 Å². The molecule has 0 saturated carbocycles. The minimum atomic E-state index is -0.142. The summed E-state index contributed by atoms with van der Waals surface area (Å²) in [5.74, 6) is 1.07. The lowest BCUT2D eigenvalue weighted by Gasteiger charge is -2.24. The van der Waals surface area contributed by atoms with Gasteiger partial charge in [0.2, 0.25) is 11.8 Å². The van der Waals surface area contributed by atoms with E-state index in [4.69, 9.17) is 9.15 Å². The highest BCUT2D eigenvalue weighted by atomic mass is 79.9. The number of nitrogens with zero attached hydrogens (tertiary/aromatic N) is 2. The van der Waals surface area contributed by atoms with Crippen LogP contribution in [0, 0.1) is 0 Å². The molecule has 0 amide bonds. The highest BCUT2D eigenvalue weighted by Crippen LogP contribution is 2.26. The molecule has 2 aromatic rings. The highest BCUT2D eigenvalue weighted by molar-refractivity contribution is 9.10. The van der Waals surface area contributed by atoms with Crippen LogP contribution in [0.4, 0.5) is 0 Å². The largest absolute Gasteiger partial charge is 0.419 e. The van der Waals surface area contributed by atoms with Crippen LogP contribution in [-0.2, 0) is 11.3 Å². The molecule has 1 heterocycles. The second-order valence-electron chi connectivity index (χ2n) is 5.15. The summed E-state index contributed by atoms with van der Waals surface area (Å²) in [4.78, 5) is 0. The third kappa shape index (κ3) is 3.88. The summed E-state index contributed by atoms with van der Waals surface area (Å²) in [5, 5.41) is 11.5. The van der Waals surface area contributed by atoms with Crippen LogP contribution >= 0.6 is 15.9 Å². The molecule has 108 valence electrons. The van der Waals surface area contributed by atoms with Gasteiger partial charge in [0.05, 0.1) is 18.7 Å². The van der Waals surface area contributed by atoms with Crippen LogP contribution in [0.1, 0.15) is 19.7 Å². The van der Waals surface area contributed by atoms with E-state index in [0.717, 1.165) is 10.0 Å². The maximum absolute atomic E-state index is 5.67. The minimum Gasteiger partial charge on any atom is -0.419 e. The maximum atomic E-state index is 5.67. The summed E-state index contributed by atoms with van der Waals surface area (Å²) in [5.41, 5.74) is 0.749. The highest BCUT2D eigenvalue weighted by Gasteiger charge is 2.18. The molecule has 0 saturated heterocycles. The minimum absolute atomic E-state index is 0.142. The van der Waals surface area contributed by atoms with Gasteiger partial charge < -0.3 is 14.5 Å². The van der Waals surface area contributed by atoms with Crippen molar-refractivity contribution in [3.8, 4) is 11.5 Å². The molecule has 0 aliphatic heterocycles. The summed E-state index contributed by atoms with van der Waals surface area (Å²) in [6, 6.07) is 7.76. The van der Waals surface area contributed by atoms with Gasteiger partial charge in [0.25, 0.3) is 0 Å². The second-order valence-corrected chi connectivity index (χ2v) is 6.01. The van der Waals surface area contributed by atoms with Gasteiger partial charge >= 0.3 is 0 Å². The first-order valence-electron chi connectivity index (χ1n) is 6.33. The van der Waals surface area contributed by atoms with Crippen molar-refractivity contribution in [1.29, 1.82) is 0 Å². The van der Waals surface area contributed by atoms with E-state index >= 15 is 0 Å². The van der Waals surface area contributed by atoms with Gasteiger partial charge in [-0.2, -0.15) is 0 Å². The predicted molar refractivity (Wildman–Crippen MR) is 80.2 cm³/mol. The molecule has 0 bridgehead atoms. The van der Waals surface area contributed by atoms with Gasteiger partial charge in [-0.15, -0.1) is 10.2 Å².